The van der Waals surface area contributed by atoms with E-state index in [4.69, 9.17) is 14.7 Å². The Bertz CT molecular complexity index is 379. The Labute approximate surface area is 107 Å². The smallest absolute Gasteiger partial charge is 0.348 e. The summed E-state index contributed by atoms with van der Waals surface area (Å²) in [7, 11) is 0. The van der Waals surface area contributed by atoms with E-state index < -0.39 is 17.9 Å². The lowest BCUT2D eigenvalue weighted by molar-refractivity contribution is -0.146. The number of ether oxygens (including phenoxy) is 2. The van der Waals surface area contributed by atoms with Gasteiger partial charge >= 0.3 is 11.9 Å². The van der Waals surface area contributed by atoms with Crippen molar-refractivity contribution in [3.63, 3.8) is 0 Å². The van der Waals surface area contributed by atoms with E-state index >= 15 is 0 Å². The van der Waals surface area contributed by atoms with Gasteiger partial charge in [0, 0.05) is 0 Å². The summed E-state index contributed by atoms with van der Waals surface area (Å²) in [5.74, 6) is -1.70. The van der Waals surface area contributed by atoms with Crippen LogP contribution in [0, 0.1) is 17.2 Å². The number of esters is 2. The molecule has 0 radical (unpaired) electrons. The maximum atomic E-state index is 11.7. The van der Waals surface area contributed by atoms with Crippen molar-refractivity contribution in [2.24, 2.45) is 5.92 Å². The molecule has 0 saturated heterocycles. The zero-order valence-electron chi connectivity index (χ0n) is 11.3. The highest BCUT2D eigenvalue weighted by molar-refractivity contribution is 5.95. The Hall–Kier alpha value is -1.83. The summed E-state index contributed by atoms with van der Waals surface area (Å²) in [4.78, 5) is 23.3. The standard InChI is InChI=1S/C13H19NO4/c1-5-10(12(15)17-6-2)9(4)11(8-14)13(16)18-7-3/h10H,5-7H2,1-4H3/b11-9-/t10-/m1/s1. The molecule has 0 saturated carbocycles. The number of carbonyl (C=O) groups excluding carboxylic acids is 2. The van der Waals surface area contributed by atoms with Crippen LogP contribution < -0.4 is 0 Å². The Morgan fingerprint density at radius 2 is 1.72 bits per heavy atom. The third-order valence-electron chi connectivity index (χ3n) is 2.49. The minimum atomic E-state index is -0.694. The molecule has 0 aliphatic rings. The minimum Gasteiger partial charge on any atom is -0.466 e. The van der Waals surface area contributed by atoms with Crippen molar-refractivity contribution in [3.05, 3.63) is 11.1 Å². The third kappa shape index (κ3) is 4.21. The summed E-state index contributed by atoms with van der Waals surface area (Å²) >= 11 is 0. The summed E-state index contributed by atoms with van der Waals surface area (Å²) < 4.78 is 9.69. The first-order valence-corrected chi connectivity index (χ1v) is 5.97. The maximum Gasteiger partial charge on any atom is 0.348 e. The van der Waals surface area contributed by atoms with Gasteiger partial charge < -0.3 is 9.47 Å². The molecular formula is C13H19NO4. The highest BCUT2D eigenvalue weighted by atomic mass is 16.5. The van der Waals surface area contributed by atoms with E-state index in [0.29, 0.717) is 12.0 Å². The molecule has 0 rings (SSSR count). The summed E-state index contributed by atoms with van der Waals surface area (Å²) in [6.45, 7) is 7.20. The number of carbonyl (C=O) groups is 2. The van der Waals surface area contributed by atoms with Gasteiger partial charge in [-0.2, -0.15) is 5.26 Å². The Balaban J connectivity index is 5.24. The van der Waals surface area contributed by atoms with E-state index in [0.717, 1.165) is 0 Å². The molecular weight excluding hydrogens is 234 g/mol. The molecule has 0 N–H and O–H groups in total. The Morgan fingerprint density at radius 3 is 2.11 bits per heavy atom. The fourth-order valence-electron chi connectivity index (χ4n) is 1.56. The SMILES string of the molecule is CCOC(=O)/C(C#N)=C(/C)[C@@H](CC)C(=O)OCC. The van der Waals surface area contributed by atoms with Gasteiger partial charge in [0.1, 0.15) is 11.6 Å². The van der Waals surface area contributed by atoms with Crippen LogP contribution in [0.25, 0.3) is 0 Å². The highest BCUT2D eigenvalue weighted by Crippen LogP contribution is 2.21. The molecule has 0 aliphatic heterocycles. The third-order valence-corrected chi connectivity index (χ3v) is 2.49. The highest BCUT2D eigenvalue weighted by Gasteiger charge is 2.25. The molecule has 0 aromatic heterocycles. The maximum absolute atomic E-state index is 11.7. The zero-order valence-corrected chi connectivity index (χ0v) is 11.3. The fourth-order valence-corrected chi connectivity index (χ4v) is 1.56. The molecule has 0 spiro atoms. The molecule has 0 fully saturated rings. The van der Waals surface area contributed by atoms with Crippen molar-refractivity contribution in [2.75, 3.05) is 13.2 Å². The van der Waals surface area contributed by atoms with E-state index in [-0.39, 0.29) is 18.8 Å². The van der Waals surface area contributed by atoms with E-state index in [9.17, 15) is 9.59 Å². The van der Waals surface area contributed by atoms with Crippen LogP contribution in [0.15, 0.2) is 11.1 Å². The second-order valence-corrected chi connectivity index (χ2v) is 3.60. The zero-order chi connectivity index (χ0) is 14.1. The summed E-state index contributed by atoms with van der Waals surface area (Å²) in [5, 5.41) is 8.99. The van der Waals surface area contributed by atoms with E-state index in [1.807, 2.05) is 0 Å². The molecule has 18 heavy (non-hydrogen) atoms. The Morgan fingerprint density at radius 1 is 1.17 bits per heavy atom. The van der Waals surface area contributed by atoms with Crippen molar-refractivity contribution in [3.8, 4) is 6.07 Å². The van der Waals surface area contributed by atoms with Crippen LogP contribution in [0.4, 0.5) is 0 Å². The van der Waals surface area contributed by atoms with Crippen molar-refractivity contribution >= 4 is 11.9 Å². The first kappa shape index (κ1) is 16.2. The lowest BCUT2D eigenvalue weighted by atomic mass is 9.93. The molecule has 0 aromatic rings. The molecule has 0 bridgehead atoms. The first-order valence-electron chi connectivity index (χ1n) is 5.97. The molecule has 5 nitrogen and oxygen atoms in total. The minimum absolute atomic E-state index is 0.114. The van der Waals surface area contributed by atoms with Crippen molar-refractivity contribution in [1.29, 1.82) is 5.26 Å². The molecule has 1 atom stereocenters. The van der Waals surface area contributed by atoms with Gasteiger partial charge in [0.15, 0.2) is 0 Å². The molecule has 100 valence electrons. The molecule has 0 unspecified atom stereocenters. The fraction of sp³-hybridized carbons (Fsp3) is 0.615. The number of nitrogens with zero attached hydrogens (tertiary/aromatic N) is 1. The average Bonchev–Trinajstić information content (AvgIpc) is 2.31. The largest absolute Gasteiger partial charge is 0.466 e. The van der Waals surface area contributed by atoms with Gasteiger partial charge in [-0.25, -0.2) is 4.79 Å². The average molecular weight is 253 g/mol. The number of hydrogen-bond donors (Lipinski definition) is 0. The van der Waals surface area contributed by atoms with E-state index in [1.165, 1.54) is 0 Å². The summed E-state index contributed by atoms with van der Waals surface area (Å²) in [6.07, 6.45) is 0.468. The van der Waals surface area contributed by atoms with E-state index in [1.54, 1.807) is 33.8 Å². The molecule has 0 aliphatic carbocycles. The van der Waals surface area contributed by atoms with Crippen LogP contribution >= 0.6 is 0 Å². The van der Waals surface area contributed by atoms with Gasteiger partial charge in [-0.05, 0) is 32.8 Å². The van der Waals surface area contributed by atoms with Gasteiger partial charge in [-0.1, -0.05) is 6.92 Å². The summed E-state index contributed by atoms with van der Waals surface area (Å²) in [5.41, 5.74) is 0.286. The first-order chi connectivity index (χ1) is 8.53. The van der Waals surface area contributed by atoms with Crippen LogP contribution in [0.2, 0.25) is 0 Å². The van der Waals surface area contributed by atoms with Crippen molar-refractivity contribution in [2.45, 2.75) is 34.1 Å². The number of rotatable bonds is 6. The lowest BCUT2D eigenvalue weighted by Gasteiger charge is -2.15. The van der Waals surface area contributed by atoms with E-state index in [2.05, 4.69) is 0 Å². The molecule has 0 amide bonds. The number of nitriles is 1. The lowest BCUT2D eigenvalue weighted by Crippen LogP contribution is -2.21. The quantitative estimate of drug-likeness (QED) is 0.411. The predicted molar refractivity (Wildman–Crippen MR) is 65.4 cm³/mol. The second kappa shape index (κ2) is 8.29. The number of hydrogen-bond acceptors (Lipinski definition) is 5. The van der Waals surface area contributed by atoms with Gasteiger partial charge in [-0.3, -0.25) is 4.79 Å². The van der Waals surface area contributed by atoms with Crippen LogP contribution in [0.1, 0.15) is 34.1 Å². The van der Waals surface area contributed by atoms with Crippen LogP contribution in [0.5, 0.6) is 0 Å². The predicted octanol–water partition coefficient (Wildman–Crippen LogP) is 1.98. The van der Waals surface area contributed by atoms with Gasteiger partial charge in [0.2, 0.25) is 0 Å². The van der Waals surface area contributed by atoms with Crippen molar-refractivity contribution < 1.29 is 19.1 Å². The normalized spacial score (nSPS) is 13.1. The van der Waals surface area contributed by atoms with Crippen LogP contribution in [0.3, 0.4) is 0 Å². The van der Waals surface area contributed by atoms with Gasteiger partial charge in [-0.15, -0.1) is 0 Å². The molecule has 0 heterocycles. The Kier molecular flexibility index (Phi) is 7.45. The topological polar surface area (TPSA) is 76.4 Å². The molecule has 0 aromatic carbocycles. The monoisotopic (exact) mass is 253 g/mol. The summed E-state index contributed by atoms with van der Waals surface area (Å²) in [6, 6.07) is 1.80. The molecule has 5 heteroatoms. The van der Waals surface area contributed by atoms with Gasteiger partial charge in [0.05, 0.1) is 19.1 Å². The van der Waals surface area contributed by atoms with Crippen LogP contribution in [-0.4, -0.2) is 25.2 Å². The van der Waals surface area contributed by atoms with Crippen LogP contribution in [-0.2, 0) is 19.1 Å². The van der Waals surface area contributed by atoms with Crippen molar-refractivity contribution in [1.82, 2.24) is 0 Å². The van der Waals surface area contributed by atoms with Gasteiger partial charge in [0.25, 0.3) is 0 Å². The second-order valence-electron chi connectivity index (χ2n) is 3.60.